The van der Waals surface area contributed by atoms with Crippen LogP contribution < -0.4 is 5.30 Å². The maximum absolute atomic E-state index is 13.5. The summed E-state index contributed by atoms with van der Waals surface area (Å²) in [5, 5.41) is 0.0892. The summed E-state index contributed by atoms with van der Waals surface area (Å²) in [5.41, 5.74) is 0.454. The van der Waals surface area contributed by atoms with Gasteiger partial charge in [-0.25, -0.2) is 0 Å². The van der Waals surface area contributed by atoms with Crippen LogP contribution in [0.2, 0.25) is 0 Å². The Morgan fingerprint density at radius 1 is 1.00 bits per heavy atom. The first-order valence-corrected chi connectivity index (χ1v) is 7.68. The van der Waals surface area contributed by atoms with Gasteiger partial charge in [-0.3, -0.25) is 4.79 Å². The first-order valence-electron chi connectivity index (χ1n) is 6.34. The van der Waals surface area contributed by atoms with Crippen LogP contribution in [0.3, 0.4) is 0 Å². The second-order valence-corrected chi connectivity index (χ2v) is 6.83. The van der Waals surface area contributed by atoms with Gasteiger partial charge in [-0.05, 0) is 24.7 Å². The third-order valence-corrected chi connectivity index (χ3v) is 5.22. The van der Waals surface area contributed by atoms with Crippen LogP contribution in [-0.2, 0) is 0 Å². The molecule has 0 aliphatic heterocycles. The third-order valence-electron chi connectivity index (χ3n) is 3.08. The normalized spacial score (nSPS) is 12.4. The second kappa shape index (κ2) is 7.46. The molecule has 0 heterocycles. The Labute approximate surface area is 140 Å². The zero-order chi connectivity index (χ0) is 15.6. The van der Waals surface area contributed by atoms with Crippen molar-refractivity contribution >= 4 is 37.6 Å². The van der Waals surface area contributed by atoms with E-state index in [1.165, 1.54) is 18.2 Å². The van der Waals surface area contributed by atoms with Crippen LogP contribution >= 0.6 is 7.92 Å². The Balaban J connectivity index is 0.00000242. The molecule has 112 valence electrons. The number of alkyl halides is 3. The molecule has 0 bridgehead atoms. The van der Waals surface area contributed by atoms with Gasteiger partial charge in [-0.15, -0.1) is 0 Å². The predicted molar refractivity (Wildman–Crippen MR) is 86.4 cm³/mol. The Kier molecular flexibility index (Phi) is 6.44. The van der Waals surface area contributed by atoms with Crippen LogP contribution in [0.15, 0.2) is 48.5 Å². The van der Waals surface area contributed by atoms with Crippen molar-refractivity contribution in [3.8, 4) is 0 Å². The summed E-state index contributed by atoms with van der Waals surface area (Å²) < 4.78 is 40.4. The summed E-state index contributed by atoms with van der Waals surface area (Å²) in [6, 6.07) is 12.5. The molecule has 2 rings (SSSR count). The summed E-state index contributed by atoms with van der Waals surface area (Å²) in [5.74, 6) is -4.55. The predicted octanol–water partition coefficient (Wildman–Crippen LogP) is 4.12. The van der Waals surface area contributed by atoms with E-state index in [1.807, 2.05) is 0 Å². The molecule has 0 amide bonds. The van der Waals surface area contributed by atoms with Crippen LogP contribution in [0, 0.1) is 13.8 Å². The Hall–Kier alpha value is -1.07. The van der Waals surface area contributed by atoms with Gasteiger partial charge in [0.1, 0.15) is 7.92 Å². The topological polar surface area (TPSA) is 17.1 Å². The molecule has 1 unspecified atom stereocenters. The van der Waals surface area contributed by atoms with Gasteiger partial charge in [0.15, 0.2) is 5.52 Å². The maximum atomic E-state index is 13.5. The summed E-state index contributed by atoms with van der Waals surface area (Å²) >= 11 is 0. The number of hydrogen-bond donors (Lipinski definition) is 0. The van der Waals surface area contributed by atoms with Gasteiger partial charge in [0.05, 0.1) is 0 Å². The Bertz CT molecular complexity index is 656. The molecule has 0 aliphatic carbocycles. The van der Waals surface area contributed by atoms with E-state index in [4.69, 9.17) is 0 Å². The molecule has 6 heteroatoms. The first kappa shape index (κ1) is 19.0. The van der Waals surface area contributed by atoms with Crippen LogP contribution in [0.25, 0.3) is 0 Å². The van der Waals surface area contributed by atoms with E-state index < -0.39 is 19.4 Å². The minimum absolute atomic E-state index is 0. The molecule has 1 nitrogen and oxygen atoms in total. The van der Waals surface area contributed by atoms with Gasteiger partial charge in [-0.1, -0.05) is 54.1 Å². The van der Waals surface area contributed by atoms with Crippen molar-refractivity contribution in [2.45, 2.75) is 19.8 Å². The van der Waals surface area contributed by atoms with Crippen LogP contribution in [0.1, 0.15) is 21.5 Å². The molecule has 0 aliphatic rings. The molecular weight excluding hydrogens is 303 g/mol. The quantitative estimate of drug-likeness (QED) is 0.614. The molecular formula is C16H15F3LiOP. The van der Waals surface area contributed by atoms with Crippen molar-refractivity contribution in [2.75, 3.05) is 0 Å². The standard InChI is InChI=1S/C16H14F3OP.Li.H/c1-11-8-9-12(2)14(10-11)21(16(17,18)19)15(20)13-6-4-3-5-7-13;;/h3-10H,1-2H3;;. The van der Waals surface area contributed by atoms with E-state index in [1.54, 1.807) is 44.2 Å². The summed E-state index contributed by atoms with van der Waals surface area (Å²) in [6.07, 6.45) is 0. The van der Waals surface area contributed by atoms with Crippen molar-refractivity contribution in [1.82, 2.24) is 0 Å². The average Bonchev–Trinajstić information content (AvgIpc) is 2.42. The van der Waals surface area contributed by atoms with Gasteiger partial charge in [0.2, 0.25) is 0 Å². The van der Waals surface area contributed by atoms with Gasteiger partial charge in [0.25, 0.3) is 0 Å². The van der Waals surface area contributed by atoms with Crippen molar-refractivity contribution in [3.63, 3.8) is 0 Å². The van der Waals surface area contributed by atoms with Crippen LogP contribution in [0.5, 0.6) is 0 Å². The van der Waals surface area contributed by atoms with Crippen molar-refractivity contribution in [2.24, 2.45) is 0 Å². The van der Waals surface area contributed by atoms with Crippen molar-refractivity contribution in [1.29, 1.82) is 0 Å². The Morgan fingerprint density at radius 3 is 2.14 bits per heavy atom. The number of carbonyl (C=O) groups is 1. The number of rotatable bonds is 3. The first-order chi connectivity index (χ1) is 9.80. The van der Waals surface area contributed by atoms with Crippen molar-refractivity contribution in [3.05, 3.63) is 65.2 Å². The zero-order valence-corrected chi connectivity index (χ0v) is 12.5. The molecule has 0 spiro atoms. The molecule has 2 aromatic rings. The molecule has 0 N–H and O–H groups in total. The average molecular weight is 318 g/mol. The summed E-state index contributed by atoms with van der Waals surface area (Å²) in [6.45, 7) is 3.33. The van der Waals surface area contributed by atoms with Crippen molar-refractivity contribution < 1.29 is 18.0 Å². The van der Waals surface area contributed by atoms with E-state index >= 15 is 0 Å². The monoisotopic (exact) mass is 318 g/mol. The molecule has 0 saturated carbocycles. The molecule has 22 heavy (non-hydrogen) atoms. The number of halogens is 3. The van der Waals surface area contributed by atoms with Crippen LogP contribution in [0.4, 0.5) is 13.2 Å². The fraction of sp³-hybridized carbons (Fsp3) is 0.188. The molecule has 2 aromatic carbocycles. The zero-order valence-electron chi connectivity index (χ0n) is 11.6. The molecule has 0 fully saturated rings. The van der Waals surface area contributed by atoms with E-state index in [9.17, 15) is 18.0 Å². The number of aryl methyl sites for hydroxylation is 2. The van der Waals surface area contributed by atoms with Gasteiger partial charge < -0.3 is 0 Å². The molecule has 1 atom stereocenters. The molecule has 0 saturated heterocycles. The Morgan fingerprint density at radius 2 is 1.59 bits per heavy atom. The third kappa shape index (κ3) is 4.23. The van der Waals surface area contributed by atoms with E-state index in [-0.39, 0.29) is 29.7 Å². The van der Waals surface area contributed by atoms with Crippen LogP contribution in [-0.4, -0.2) is 30.3 Å². The molecule has 0 radical (unpaired) electrons. The van der Waals surface area contributed by atoms with Gasteiger partial charge in [0, 0.05) is 5.56 Å². The number of carbonyl (C=O) groups excluding carboxylic acids is 1. The summed E-state index contributed by atoms with van der Waals surface area (Å²) in [4.78, 5) is 12.4. The molecule has 0 aromatic heterocycles. The number of benzene rings is 2. The second-order valence-electron chi connectivity index (χ2n) is 4.76. The van der Waals surface area contributed by atoms with Gasteiger partial charge >= 0.3 is 24.8 Å². The van der Waals surface area contributed by atoms with E-state index in [0.29, 0.717) is 11.1 Å². The van der Waals surface area contributed by atoms with E-state index in [0.717, 1.165) is 0 Å². The van der Waals surface area contributed by atoms with E-state index in [2.05, 4.69) is 0 Å². The minimum atomic E-state index is -4.55. The SMILES string of the molecule is Cc1ccc(C)c(P(C(=O)c2ccccc2)C(F)(F)F)c1.[LiH]. The van der Waals surface area contributed by atoms with Gasteiger partial charge in [-0.2, -0.15) is 13.2 Å². The fourth-order valence-electron chi connectivity index (χ4n) is 2.03. The fourth-order valence-corrected chi connectivity index (χ4v) is 3.92. The number of hydrogen-bond acceptors (Lipinski definition) is 1. The summed E-state index contributed by atoms with van der Waals surface area (Å²) in [7, 11) is -2.91.